The lowest BCUT2D eigenvalue weighted by Crippen LogP contribution is -1.94. The van der Waals surface area contributed by atoms with Crippen molar-refractivity contribution in [3.05, 3.63) is 71.1 Å². The van der Waals surface area contributed by atoms with Crippen LogP contribution in [-0.2, 0) is 12.8 Å². The molecule has 0 saturated heterocycles. The molecule has 3 heterocycles. The van der Waals surface area contributed by atoms with Crippen molar-refractivity contribution in [2.45, 2.75) is 52.4 Å². The number of unbranched alkanes of at least 4 members (excludes halogenated alkanes) is 2. The molecule has 3 aromatic heterocycles. The van der Waals surface area contributed by atoms with Gasteiger partial charge in [-0.25, -0.2) is 0 Å². The number of thiophene rings is 3. The number of hydrogen-bond donors (Lipinski definition) is 0. The Balaban J connectivity index is 1.80. The molecule has 0 unspecified atom stereocenters. The maximum Gasteiger partial charge on any atom is 0.0484 e. The van der Waals surface area contributed by atoms with Crippen molar-refractivity contribution in [2.24, 2.45) is 0 Å². The predicted molar refractivity (Wildman–Crippen MR) is 134 cm³/mol. The van der Waals surface area contributed by atoms with Crippen molar-refractivity contribution < 1.29 is 0 Å². The van der Waals surface area contributed by atoms with Gasteiger partial charge in [-0.15, -0.1) is 34.0 Å². The van der Waals surface area contributed by atoms with Gasteiger partial charge in [-0.3, -0.25) is 0 Å². The monoisotopic (exact) mass is 436 g/mol. The van der Waals surface area contributed by atoms with Crippen LogP contribution in [0.2, 0.25) is 0 Å². The third-order valence-corrected chi connectivity index (χ3v) is 8.95. The Morgan fingerprint density at radius 3 is 1.90 bits per heavy atom. The first-order valence-electron chi connectivity index (χ1n) is 10.7. The van der Waals surface area contributed by atoms with E-state index >= 15 is 0 Å². The normalized spacial score (nSPS) is 11.2. The van der Waals surface area contributed by atoms with Gasteiger partial charge in [-0.05, 0) is 66.0 Å². The van der Waals surface area contributed by atoms with E-state index in [4.69, 9.17) is 0 Å². The highest BCUT2D eigenvalue weighted by atomic mass is 32.1. The number of rotatable bonds is 9. The molecule has 29 heavy (non-hydrogen) atoms. The smallest absolute Gasteiger partial charge is 0.0484 e. The van der Waals surface area contributed by atoms with Gasteiger partial charge >= 0.3 is 0 Å². The Kier molecular flexibility index (Phi) is 7.02. The minimum atomic E-state index is 1.20. The summed E-state index contributed by atoms with van der Waals surface area (Å²) in [5, 5.41) is 2.21. The molecule has 0 aliphatic rings. The molecule has 1 aromatic carbocycles. The Bertz CT molecular complexity index is 1020. The molecular weight excluding hydrogens is 408 g/mol. The summed E-state index contributed by atoms with van der Waals surface area (Å²) in [6.45, 7) is 4.60. The number of benzene rings is 1. The first-order chi connectivity index (χ1) is 14.3. The van der Waals surface area contributed by atoms with Gasteiger partial charge in [0.05, 0.1) is 0 Å². The van der Waals surface area contributed by atoms with E-state index < -0.39 is 0 Å². The van der Waals surface area contributed by atoms with E-state index in [9.17, 15) is 0 Å². The lowest BCUT2D eigenvalue weighted by atomic mass is 9.97. The molecule has 0 radical (unpaired) electrons. The highest BCUT2D eigenvalue weighted by Crippen LogP contribution is 2.47. The van der Waals surface area contributed by atoms with E-state index in [2.05, 4.69) is 73.8 Å². The molecule has 0 nitrogen and oxygen atoms in total. The largest absolute Gasteiger partial charge is 0.143 e. The molecule has 0 saturated carbocycles. The molecule has 4 aromatic rings. The average Bonchev–Trinajstić information content (AvgIpc) is 3.51. The van der Waals surface area contributed by atoms with Gasteiger partial charge in [0.1, 0.15) is 0 Å². The zero-order valence-corrected chi connectivity index (χ0v) is 19.7. The second kappa shape index (κ2) is 9.88. The average molecular weight is 437 g/mol. The maximum atomic E-state index is 2.34. The van der Waals surface area contributed by atoms with Crippen LogP contribution in [0.3, 0.4) is 0 Å². The van der Waals surface area contributed by atoms with Crippen LogP contribution in [0.1, 0.15) is 50.7 Å². The van der Waals surface area contributed by atoms with Crippen molar-refractivity contribution in [3.8, 4) is 29.9 Å². The third kappa shape index (κ3) is 4.58. The quantitative estimate of drug-likeness (QED) is 0.245. The molecule has 0 N–H and O–H groups in total. The fraction of sp³-hybridized carbons (Fsp3) is 0.308. The van der Waals surface area contributed by atoms with Crippen LogP contribution in [0.5, 0.6) is 0 Å². The van der Waals surface area contributed by atoms with Crippen molar-refractivity contribution in [1.29, 1.82) is 0 Å². The Morgan fingerprint density at radius 1 is 0.621 bits per heavy atom. The van der Waals surface area contributed by atoms with E-state index in [1.807, 2.05) is 34.0 Å². The van der Waals surface area contributed by atoms with Crippen LogP contribution in [0.4, 0.5) is 0 Å². The van der Waals surface area contributed by atoms with Gasteiger partial charge in [0.25, 0.3) is 0 Å². The van der Waals surface area contributed by atoms with E-state index in [1.54, 1.807) is 11.1 Å². The van der Waals surface area contributed by atoms with E-state index in [0.29, 0.717) is 0 Å². The Hall–Kier alpha value is -1.68. The summed E-state index contributed by atoms with van der Waals surface area (Å²) in [4.78, 5) is 7.26. The summed E-state index contributed by atoms with van der Waals surface area (Å²) < 4.78 is 0. The summed E-state index contributed by atoms with van der Waals surface area (Å²) >= 11 is 5.85. The van der Waals surface area contributed by atoms with E-state index in [-0.39, 0.29) is 0 Å². The van der Waals surface area contributed by atoms with Gasteiger partial charge in [-0.1, -0.05) is 63.1 Å². The molecule has 0 fully saturated rings. The second-order valence-corrected chi connectivity index (χ2v) is 10.5. The van der Waals surface area contributed by atoms with Crippen LogP contribution in [0, 0.1) is 0 Å². The molecule has 150 valence electrons. The topological polar surface area (TPSA) is 0 Å². The SMILES string of the molecule is CCCCc1c(-c2cccs2)sc(-c2ccc(-c3ccccc3)s2)c1CCCC. The van der Waals surface area contributed by atoms with E-state index in [1.165, 1.54) is 68.5 Å². The van der Waals surface area contributed by atoms with Crippen molar-refractivity contribution >= 4 is 34.0 Å². The highest BCUT2D eigenvalue weighted by Gasteiger charge is 2.21. The predicted octanol–water partition coefficient (Wildman–Crippen LogP) is 9.56. The molecular formula is C26H28S3. The first-order valence-corrected chi connectivity index (χ1v) is 13.2. The van der Waals surface area contributed by atoms with Crippen LogP contribution in [0.15, 0.2) is 60.0 Å². The zero-order chi connectivity index (χ0) is 20.1. The summed E-state index contributed by atoms with van der Waals surface area (Å²) in [5.41, 5.74) is 4.56. The molecule has 0 spiro atoms. The first kappa shape index (κ1) is 20.6. The molecule has 4 rings (SSSR count). The van der Waals surface area contributed by atoms with Gasteiger partial charge in [-0.2, -0.15) is 0 Å². The third-order valence-electron chi connectivity index (χ3n) is 5.31. The second-order valence-electron chi connectivity index (χ2n) is 7.43. The van der Waals surface area contributed by atoms with Crippen LogP contribution in [0.25, 0.3) is 29.9 Å². The van der Waals surface area contributed by atoms with Gasteiger partial charge in [0.15, 0.2) is 0 Å². The fourth-order valence-corrected chi connectivity index (χ4v) is 7.19. The minimum Gasteiger partial charge on any atom is -0.143 e. The van der Waals surface area contributed by atoms with Gasteiger partial charge < -0.3 is 0 Å². The Labute approximate surface area is 186 Å². The van der Waals surface area contributed by atoms with Crippen LogP contribution in [-0.4, -0.2) is 0 Å². The summed E-state index contributed by atoms with van der Waals surface area (Å²) in [5.74, 6) is 0. The minimum absolute atomic E-state index is 1.20. The molecule has 0 aliphatic carbocycles. The maximum absolute atomic E-state index is 2.34. The van der Waals surface area contributed by atoms with Crippen LogP contribution >= 0.6 is 34.0 Å². The molecule has 0 aliphatic heterocycles. The molecule has 0 bridgehead atoms. The van der Waals surface area contributed by atoms with Crippen molar-refractivity contribution in [1.82, 2.24) is 0 Å². The van der Waals surface area contributed by atoms with Crippen molar-refractivity contribution in [3.63, 3.8) is 0 Å². The summed E-state index contributed by atoms with van der Waals surface area (Å²) in [7, 11) is 0. The summed E-state index contributed by atoms with van der Waals surface area (Å²) in [6, 6.07) is 19.9. The zero-order valence-electron chi connectivity index (χ0n) is 17.2. The summed E-state index contributed by atoms with van der Waals surface area (Å²) in [6.07, 6.45) is 7.44. The number of hydrogen-bond acceptors (Lipinski definition) is 3. The van der Waals surface area contributed by atoms with E-state index in [0.717, 1.165) is 0 Å². The van der Waals surface area contributed by atoms with Gasteiger partial charge in [0.2, 0.25) is 0 Å². The highest BCUT2D eigenvalue weighted by molar-refractivity contribution is 7.27. The van der Waals surface area contributed by atoms with Crippen LogP contribution < -0.4 is 0 Å². The molecule has 0 amide bonds. The lowest BCUT2D eigenvalue weighted by Gasteiger charge is -2.08. The molecule has 0 atom stereocenters. The Morgan fingerprint density at radius 2 is 1.28 bits per heavy atom. The molecule has 3 heteroatoms. The fourth-order valence-electron chi connectivity index (χ4n) is 3.76. The van der Waals surface area contributed by atoms with Gasteiger partial charge in [0, 0.05) is 24.4 Å². The lowest BCUT2D eigenvalue weighted by molar-refractivity contribution is 0.764. The van der Waals surface area contributed by atoms with Crippen molar-refractivity contribution in [2.75, 3.05) is 0 Å². The standard InChI is InChI=1S/C26H28S3/c1-3-5-13-20-21(14-6-4-2)26(29-25(20)23-15-10-18-27-23)24-17-16-22(28-24)19-11-8-7-9-12-19/h7-12,15-18H,3-6,13-14H2,1-2H3.